The summed E-state index contributed by atoms with van der Waals surface area (Å²) in [4.78, 5) is 0. The molecular formula is C7H17N3O2S. The summed E-state index contributed by atoms with van der Waals surface area (Å²) in [6.45, 7) is 5.12. The van der Waals surface area contributed by atoms with E-state index in [1.54, 1.807) is 0 Å². The Hall–Kier alpha value is -0.170. The van der Waals surface area contributed by atoms with Gasteiger partial charge in [-0.3, -0.25) is 0 Å². The Morgan fingerprint density at radius 2 is 2.08 bits per heavy atom. The van der Waals surface area contributed by atoms with E-state index in [4.69, 9.17) is 0 Å². The quantitative estimate of drug-likeness (QED) is 0.619. The minimum atomic E-state index is -3.26. The van der Waals surface area contributed by atoms with Crippen LogP contribution in [-0.2, 0) is 10.2 Å². The summed E-state index contributed by atoms with van der Waals surface area (Å²) in [7, 11) is -1.82. The summed E-state index contributed by atoms with van der Waals surface area (Å²) in [6.07, 6.45) is 0. The van der Waals surface area contributed by atoms with E-state index in [1.165, 1.54) is 11.4 Å². The Morgan fingerprint density at radius 3 is 2.62 bits per heavy atom. The largest absolute Gasteiger partial charge is 0.311 e. The zero-order chi connectivity index (χ0) is 10.1. The fraction of sp³-hybridized carbons (Fsp3) is 1.00. The van der Waals surface area contributed by atoms with Gasteiger partial charge < -0.3 is 5.32 Å². The molecular weight excluding hydrogens is 190 g/mol. The molecule has 0 aromatic rings. The van der Waals surface area contributed by atoms with Crippen molar-refractivity contribution in [3.63, 3.8) is 0 Å². The lowest BCUT2D eigenvalue weighted by atomic mass is 10.2. The van der Waals surface area contributed by atoms with Crippen LogP contribution in [-0.4, -0.2) is 44.9 Å². The second kappa shape index (κ2) is 3.91. The molecule has 1 aliphatic rings. The van der Waals surface area contributed by atoms with Crippen molar-refractivity contribution in [3.05, 3.63) is 0 Å². The van der Waals surface area contributed by atoms with Gasteiger partial charge >= 0.3 is 0 Å². The third kappa shape index (κ3) is 2.40. The van der Waals surface area contributed by atoms with Crippen molar-refractivity contribution in [2.75, 3.05) is 20.1 Å². The van der Waals surface area contributed by atoms with Crippen LogP contribution in [0.4, 0.5) is 0 Å². The Labute approximate surface area is 79.7 Å². The van der Waals surface area contributed by atoms with E-state index >= 15 is 0 Å². The first-order chi connectivity index (χ1) is 5.97. The van der Waals surface area contributed by atoms with Crippen molar-refractivity contribution in [3.8, 4) is 0 Å². The maximum Gasteiger partial charge on any atom is 0.279 e. The molecule has 2 N–H and O–H groups in total. The van der Waals surface area contributed by atoms with Crippen molar-refractivity contribution in [1.82, 2.24) is 14.3 Å². The molecule has 2 unspecified atom stereocenters. The molecule has 1 rings (SSSR count). The maximum absolute atomic E-state index is 11.5. The summed E-state index contributed by atoms with van der Waals surface area (Å²) in [5.74, 6) is 0. The summed E-state index contributed by atoms with van der Waals surface area (Å²) < 4.78 is 26.8. The van der Waals surface area contributed by atoms with E-state index in [0.29, 0.717) is 13.1 Å². The summed E-state index contributed by atoms with van der Waals surface area (Å²) in [5, 5.41) is 3.22. The van der Waals surface area contributed by atoms with E-state index in [9.17, 15) is 8.42 Å². The Bertz CT molecular complexity index is 265. The van der Waals surface area contributed by atoms with Crippen LogP contribution in [0.25, 0.3) is 0 Å². The molecule has 0 spiro atoms. The van der Waals surface area contributed by atoms with Gasteiger partial charge in [0.1, 0.15) is 0 Å². The minimum absolute atomic E-state index is 0.0219. The van der Waals surface area contributed by atoms with Gasteiger partial charge in [0.25, 0.3) is 10.2 Å². The van der Waals surface area contributed by atoms with Crippen LogP contribution in [0.3, 0.4) is 0 Å². The molecule has 1 heterocycles. The summed E-state index contributed by atoms with van der Waals surface area (Å²) in [6, 6.07) is 0.243. The average molecular weight is 207 g/mol. The van der Waals surface area contributed by atoms with Crippen molar-refractivity contribution in [1.29, 1.82) is 0 Å². The molecule has 5 nitrogen and oxygen atoms in total. The van der Waals surface area contributed by atoms with Gasteiger partial charge in [-0.1, -0.05) is 0 Å². The molecule has 0 aromatic carbocycles. The normalized spacial score (nSPS) is 31.9. The molecule has 0 amide bonds. The van der Waals surface area contributed by atoms with Crippen molar-refractivity contribution < 1.29 is 8.42 Å². The second-order valence-electron chi connectivity index (χ2n) is 3.44. The van der Waals surface area contributed by atoms with Gasteiger partial charge in [-0.15, -0.1) is 0 Å². The van der Waals surface area contributed by atoms with Gasteiger partial charge in [-0.05, 0) is 13.8 Å². The van der Waals surface area contributed by atoms with Crippen LogP contribution in [0.1, 0.15) is 13.8 Å². The highest BCUT2D eigenvalue weighted by atomic mass is 32.2. The number of nitrogens with zero attached hydrogens (tertiary/aromatic N) is 1. The molecule has 78 valence electrons. The second-order valence-corrected chi connectivity index (χ2v) is 5.26. The van der Waals surface area contributed by atoms with Crippen LogP contribution < -0.4 is 10.0 Å². The lowest BCUT2D eigenvalue weighted by molar-refractivity contribution is 0.242. The standard InChI is InChI=1S/C7H17N3O2S/c1-6-5-10(7(2)4-9-6)13(11,12)8-3/h6-9H,4-5H2,1-3H3. The van der Waals surface area contributed by atoms with Crippen LogP contribution in [0.15, 0.2) is 0 Å². The van der Waals surface area contributed by atoms with Crippen LogP contribution in [0.5, 0.6) is 0 Å². The number of piperazine rings is 1. The fourth-order valence-electron chi connectivity index (χ4n) is 1.44. The number of hydrogen-bond acceptors (Lipinski definition) is 3. The Morgan fingerprint density at radius 1 is 1.46 bits per heavy atom. The van der Waals surface area contributed by atoms with E-state index in [2.05, 4.69) is 10.0 Å². The third-order valence-electron chi connectivity index (χ3n) is 2.27. The van der Waals surface area contributed by atoms with Gasteiger partial charge in [0.15, 0.2) is 0 Å². The Balaban J connectivity index is 2.77. The molecule has 6 heteroatoms. The lowest BCUT2D eigenvalue weighted by Gasteiger charge is -2.35. The smallest absolute Gasteiger partial charge is 0.279 e. The molecule has 0 aliphatic carbocycles. The van der Waals surface area contributed by atoms with Crippen LogP contribution >= 0.6 is 0 Å². The van der Waals surface area contributed by atoms with Crippen molar-refractivity contribution >= 4 is 10.2 Å². The monoisotopic (exact) mass is 207 g/mol. The minimum Gasteiger partial charge on any atom is -0.311 e. The zero-order valence-electron chi connectivity index (χ0n) is 8.24. The van der Waals surface area contributed by atoms with Crippen molar-refractivity contribution in [2.45, 2.75) is 25.9 Å². The highest BCUT2D eigenvalue weighted by Gasteiger charge is 2.30. The number of rotatable bonds is 2. The summed E-state index contributed by atoms with van der Waals surface area (Å²) in [5.41, 5.74) is 0. The first kappa shape index (κ1) is 10.9. The van der Waals surface area contributed by atoms with Crippen LogP contribution in [0.2, 0.25) is 0 Å². The lowest BCUT2D eigenvalue weighted by Crippen LogP contribution is -2.58. The highest BCUT2D eigenvalue weighted by Crippen LogP contribution is 2.10. The predicted octanol–water partition coefficient (Wildman–Crippen LogP) is -0.867. The van der Waals surface area contributed by atoms with Gasteiger partial charge in [0.2, 0.25) is 0 Å². The molecule has 0 saturated carbocycles. The summed E-state index contributed by atoms with van der Waals surface area (Å²) >= 11 is 0. The molecule has 1 aliphatic heterocycles. The van der Waals surface area contributed by atoms with Gasteiger partial charge in [0, 0.05) is 32.2 Å². The molecule has 1 fully saturated rings. The molecule has 0 bridgehead atoms. The topological polar surface area (TPSA) is 61.4 Å². The van der Waals surface area contributed by atoms with Crippen LogP contribution in [0, 0.1) is 0 Å². The first-order valence-corrected chi connectivity index (χ1v) is 5.85. The zero-order valence-corrected chi connectivity index (χ0v) is 9.06. The first-order valence-electron chi connectivity index (χ1n) is 4.41. The van der Waals surface area contributed by atoms with Gasteiger partial charge in [-0.2, -0.15) is 12.7 Å². The molecule has 13 heavy (non-hydrogen) atoms. The maximum atomic E-state index is 11.5. The average Bonchev–Trinajstić information content (AvgIpc) is 2.09. The van der Waals surface area contributed by atoms with Gasteiger partial charge in [0.05, 0.1) is 0 Å². The van der Waals surface area contributed by atoms with Crippen molar-refractivity contribution in [2.24, 2.45) is 0 Å². The highest BCUT2D eigenvalue weighted by molar-refractivity contribution is 7.87. The van der Waals surface area contributed by atoms with E-state index in [1.807, 2.05) is 13.8 Å². The SMILES string of the molecule is CNS(=O)(=O)N1CC(C)NCC1C. The molecule has 1 saturated heterocycles. The van der Waals surface area contributed by atoms with Gasteiger partial charge in [-0.25, -0.2) is 4.72 Å². The predicted molar refractivity (Wildman–Crippen MR) is 51.6 cm³/mol. The fourth-order valence-corrected chi connectivity index (χ4v) is 2.64. The Kier molecular flexibility index (Phi) is 3.28. The third-order valence-corrected chi connectivity index (χ3v) is 3.92. The molecule has 2 atom stereocenters. The van der Waals surface area contributed by atoms with E-state index in [-0.39, 0.29) is 12.1 Å². The number of nitrogens with one attached hydrogen (secondary N) is 2. The number of hydrogen-bond donors (Lipinski definition) is 2. The molecule has 0 aromatic heterocycles. The molecule has 0 radical (unpaired) electrons. The van der Waals surface area contributed by atoms with E-state index < -0.39 is 10.2 Å². The van der Waals surface area contributed by atoms with E-state index in [0.717, 1.165) is 0 Å².